The number of benzene rings is 2. The maximum Gasteiger partial charge on any atom is 0.253 e. The molecule has 1 atom stereocenters. The minimum atomic E-state index is -3.68. The van der Waals surface area contributed by atoms with Crippen LogP contribution in [0.25, 0.3) is 0 Å². The lowest BCUT2D eigenvalue weighted by atomic mass is 9.96. The number of hydrogen-bond donors (Lipinski definition) is 1. The Morgan fingerprint density at radius 3 is 2.27 bits per heavy atom. The summed E-state index contributed by atoms with van der Waals surface area (Å²) < 4.78 is 33.2. The van der Waals surface area contributed by atoms with Gasteiger partial charge in [-0.3, -0.25) is 4.79 Å². The second-order valence-electron chi connectivity index (χ2n) is 8.89. The summed E-state index contributed by atoms with van der Waals surface area (Å²) in [6, 6.07) is 11.7. The van der Waals surface area contributed by atoms with Gasteiger partial charge in [0, 0.05) is 13.1 Å². The Morgan fingerprint density at radius 2 is 1.70 bits per heavy atom. The molecular formula is C25H33ClN2O4S. The van der Waals surface area contributed by atoms with Gasteiger partial charge in [0.15, 0.2) is 0 Å². The Kier molecular flexibility index (Phi) is 8.79. The van der Waals surface area contributed by atoms with Gasteiger partial charge in [0.05, 0.1) is 28.6 Å². The number of sulfonamides is 1. The number of hydrogen-bond acceptors (Lipinski definition) is 4. The second kappa shape index (κ2) is 11.4. The first-order valence-corrected chi connectivity index (χ1v) is 13.3. The van der Waals surface area contributed by atoms with E-state index in [2.05, 4.69) is 19.2 Å². The van der Waals surface area contributed by atoms with Crippen LogP contribution in [-0.4, -0.2) is 38.8 Å². The zero-order valence-corrected chi connectivity index (χ0v) is 21.1. The molecule has 0 aromatic heterocycles. The van der Waals surface area contributed by atoms with Crippen molar-refractivity contribution in [1.82, 2.24) is 9.62 Å². The number of halogens is 1. The monoisotopic (exact) mass is 492 g/mol. The minimum absolute atomic E-state index is 0.101. The molecule has 1 fully saturated rings. The maximum absolute atomic E-state index is 13.2. The summed E-state index contributed by atoms with van der Waals surface area (Å²) in [6.45, 7) is 5.18. The van der Waals surface area contributed by atoms with E-state index in [-0.39, 0.29) is 21.5 Å². The summed E-state index contributed by atoms with van der Waals surface area (Å²) in [7, 11) is -2.08. The molecule has 33 heavy (non-hydrogen) atoms. The third-order valence-corrected chi connectivity index (χ3v) is 8.14. The van der Waals surface area contributed by atoms with Crippen LogP contribution in [0.1, 0.15) is 67.9 Å². The molecule has 1 aliphatic heterocycles. The molecule has 0 bridgehead atoms. The molecule has 8 heteroatoms. The van der Waals surface area contributed by atoms with E-state index in [0.717, 1.165) is 43.4 Å². The van der Waals surface area contributed by atoms with Crippen molar-refractivity contribution in [2.24, 2.45) is 5.92 Å². The minimum Gasteiger partial charge on any atom is -0.497 e. The largest absolute Gasteiger partial charge is 0.497 e. The molecule has 1 saturated heterocycles. The molecule has 1 aliphatic rings. The molecule has 0 radical (unpaired) electrons. The molecule has 1 unspecified atom stereocenters. The summed E-state index contributed by atoms with van der Waals surface area (Å²) in [5.74, 6) is 0.680. The average Bonchev–Trinajstić information content (AvgIpc) is 3.09. The third kappa shape index (κ3) is 6.49. The van der Waals surface area contributed by atoms with E-state index in [0.29, 0.717) is 19.0 Å². The van der Waals surface area contributed by atoms with Crippen LogP contribution in [0.3, 0.4) is 0 Å². The Hall–Kier alpha value is -2.09. The van der Waals surface area contributed by atoms with Gasteiger partial charge >= 0.3 is 0 Å². The van der Waals surface area contributed by atoms with Crippen LogP contribution in [0.15, 0.2) is 47.4 Å². The van der Waals surface area contributed by atoms with E-state index in [1.54, 1.807) is 7.11 Å². The molecule has 3 rings (SSSR count). The molecule has 6 nitrogen and oxygen atoms in total. The smallest absolute Gasteiger partial charge is 0.253 e. The van der Waals surface area contributed by atoms with Crippen LogP contribution in [0.2, 0.25) is 5.02 Å². The van der Waals surface area contributed by atoms with E-state index in [9.17, 15) is 13.2 Å². The topological polar surface area (TPSA) is 75.7 Å². The summed E-state index contributed by atoms with van der Waals surface area (Å²) in [5.41, 5.74) is 1.11. The molecule has 0 aliphatic carbocycles. The maximum atomic E-state index is 13.2. The van der Waals surface area contributed by atoms with Crippen molar-refractivity contribution in [1.29, 1.82) is 0 Å². The van der Waals surface area contributed by atoms with Crippen molar-refractivity contribution in [3.63, 3.8) is 0 Å². The van der Waals surface area contributed by atoms with E-state index < -0.39 is 15.9 Å². The molecule has 180 valence electrons. The van der Waals surface area contributed by atoms with Gasteiger partial charge < -0.3 is 10.1 Å². The highest BCUT2D eigenvalue weighted by Gasteiger charge is 2.27. The summed E-state index contributed by atoms with van der Waals surface area (Å²) in [4.78, 5) is 13.3. The van der Waals surface area contributed by atoms with Gasteiger partial charge in [-0.2, -0.15) is 4.31 Å². The van der Waals surface area contributed by atoms with Crippen molar-refractivity contribution in [2.75, 3.05) is 20.2 Å². The van der Waals surface area contributed by atoms with Crippen molar-refractivity contribution in [3.8, 4) is 5.75 Å². The Bertz CT molecular complexity index is 1050. The predicted octanol–water partition coefficient (Wildman–Crippen LogP) is 5.43. The lowest BCUT2D eigenvalue weighted by Gasteiger charge is -2.23. The summed E-state index contributed by atoms with van der Waals surface area (Å²) in [5, 5.41) is 3.28. The SMILES string of the molecule is COc1ccc(C(CC(C)C)NC(=O)c2cc(S(=O)(=O)N3CCCCCC3)ccc2Cl)cc1. The van der Waals surface area contributed by atoms with E-state index in [1.807, 2.05) is 24.3 Å². The van der Waals surface area contributed by atoms with Gasteiger partial charge in [-0.25, -0.2) is 8.42 Å². The zero-order chi connectivity index (χ0) is 24.0. The van der Waals surface area contributed by atoms with Crippen LogP contribution in [0.4, 0.5) is 0 Å². The van der Waals surface area contributed by atoms with Crippen LogP contribution in [0.5, 0.6) is 5.75 Å². The van der Waals surface area contributed by atoms with Gasteiger partial charge in [0.1, 0.15) is 5.75 Å². The number of nitrogens with one attached hydrogen (secondary N) is 1. The fraction of sp³-hybridized carbons (Fsp3) is 0.480. The molecule has 1 N–H and O–H groups in total. The number of nitrogens with zero attached hydrogens (tertiary/aromatic N) is 1. The molecule has 2 aromatic carbocycles. The molecule has 2 aromatic rings. The van der Waals surface area contributed by atoms with Crippen molar-refractivity contribution in [2.45, 2.75) is 56.9 Å². The summed E-state index contributed by atoms with van der Waals surface area (Å²) in [6.07, 6.45) is 4.48. The van der Waals surface area contributed by atoms with Crippen LogP contribution in [-0.2, 0) is 10.0 Å². The predicted molar refractivity (Wildman–Crippen MR) is 131 cm³/mol. The Balaban J connectivity index is 1.86. The van der Waals surface area contributed by atoms with Gasteiger partial charge in [0.2, 0.25) is 10.0 Å². The first-order chi connectivity index (χ1) is 15.7. The standard InChI is InChI=1S/C25H33ClN2O4S/c1-18(2)16-24(19-8-10-20(32-3)11-9-19)27-25(29)22-17-21(12-13-23(22)26)33(30,31)28-14-6-4-5-7-15-28/h8-13,17-18,24H,4-7,14-16H2,1-3H3,(H,27,29). The van der Waals surface area contributed by atoms with Crippen LogP contribution < -0.4 is 10.1 Å². The third-order valence-electron chi connectivity index (χ3n) is 5.92. The highest BCUT2D eigenvalue weighted by Crippen LogP contribution is 2.28. The quantitative estimate of drug-likeness (QED) is 0.533. The van der Waals surface area contributed by atoms with E-state index >= 15 is 0 Å². The molecule has 0 spiro atoms. The van der Waals surface area contributed by atoms with Crippen molar-refractivity contribution < 1.29 is 17.9 Å². The first kappa shape index (κ1) is 25.5. The lowest BCUT2D eigenvalue weighted by molar-refractivity contribution is 0.0932. The Morgan fingerprint density at radius 1 is 1.06 bits per heavy atom. The molecule has 0 saturated carbocycles. The Labute approximate surface area is 202 Å². The normalized spacial score (nSPS) is 16.3. The number of rotatable bonds is 8. The summed E-state index contributed by atoms with van der Waals surface area (Å²) >= 11 is 6.34. The molecule has 1 amide bonds. The zero-order valence-electron chi connectivity index (χ0n) is 19.5. The fourth-order valence-electron chi connectivity index (χ4n) is 4.09. The number of amides is 1. The number of carbonyl (C=O) groups is 1. The highest BCUT2D eigenvalue weighted by molar-refractivity contribution is 7.89. The highest BCUT2D eigenvalue weighted by atomic mass is 35.5. The van der Waals surface area contributed by atoms with Gasteiger partial charge in [-0.15, -0.1) is 0 Å². The van der Waals surface area contributed by atoms with Crippen LogP contribution >= 0.6 is 11.6 Å². The number of carbonyl (C=O) groups excluding carboxylic acids is 1. The van der Waals surface area contributed by atoms with Crippen molar-refractivity contribution >= 4 is 27.5 Å². The fourth-order valence-corrected chi connectivity index (χ4v) is 5.84. The van der Waals surface area contributed by atoms with Gasteiger partial charge in [0.25, 0.3) is 5.91 Å². The average molecular weight is 493 g/mol. The molecule has 1 heterocycles. The van der Waals surface area contributed by atoms with Gasteiger partial charge in [-0.1, -0.05) is 50.4 Å². The van der Waals surface area contributed by atoms with E-state index in [1.165, 1.54) is 22.5 Å². The van der Waals surface area contributed by atoms with E-state index in [4.69, 9.17) is 16.3 Å². The van der Waals surface area contributed by atoms with Gasteiger partial charge in [-0.05, 0) is 61.1 Å². The second-order valence-corrected chi connectivity index (χ2v) is 11.2. The lowest BCUT2D eigenvalue weighted by Crippen LogP contribution is -2.33. The number of methoxy groups -OCH3 is 1. The van der Waals surface area contributed by atoms with Crippen LogP contribution in [0, 0.1) is 5.92 Å². The first-order valence-electron chi connectivity index (χ1n) is 11.5. The van der Waals surface area contributed by atoms with Crippen molar-refractivity contribution in [3.05, 3.63) is 58.6 Å². The molecular weight excluding hydrogens is 460 g/mol. The number of ether oxygens (including phenoxy) is 1.